The van der Waals surface area contributed by atoms with Gasteiger partial charge < -0.3 is 19.5 Å². The molecule has 1 heterocycles. The number of Topliss-reactive ketones (excluding diaryl/α,β-unsaturated/α-hetero) is 1. The maximum absolute atomic E-state index is 13.3. The van der Waals surface area contributed by atoms with E-state index in [9.17, 15) is 24.8 Å². The fourth-order valence-electron chi connectivity index (χ4n) is 4.28. The third-order valence-corrected chi connectivity index (χ3v) is 5.92. The Morgan fingerprint density at radius 3 is 2.35 bits per heavy atom. The van der Waals surface area contributed by atoms with Gasteiger partial charge in [0.2, 0.25) is 0 Å². The summed E-state index contributed by atoms with van der Waals surface area (Å²) in [6, 6.07) is 18.4. The van der Waals surface area contributed by atoms with Crippen LogP contribution in [0.25, 0.3) is 5.76 Å². The number of aliphatic hydroxyl groups is 1. The van der Waals surface area contributed by atoms with E-state index in [2.05, 4.69) is 0 Å². The van der Waals surface area contributed by atoms with E-state index in [1.165, 1.54) is 36.3 Å². The number of amides is 1. The largest absolute Gasteiger partial charge is 0.507 e. The molecule has 1 saturated heterocycles. The smallest absolute Gasteiger partial charge is 0.295 e. The highest BCUT2D eigenvalue weighted by Crippen LogP contribution is 2.41. The summed E-state index contributed by atoms with van der Waals surface area (Å²) in [6.45, 7) is 3.90. The van der Waals surface area contributed by atoms with Gasteiger partial charge in [0.15, 0.2) is 0 Å². The molecule has 0 bridgehead atoms. The van der Waals surface area contributed by atoms with Crippen LogP contribution in [0, 0.1) is 10.1 Å². The summed E-state index contributed by atoms with van der Waals surface area (Å²) in [5.74, 6) is -0.885. The molecule has 0 aromatic heterocycles. The van der Waals surface area contributed by atoms with E-state index in [4.69, 9.17) is 9.47 Å². The number of likely N-dealkylation sites (tertiary alicyclic amines) is 1. The number of aliphatic hydroxyl groups excluding tert-OH is 1. The van der Waals surface area contributed by atoms with Crippen molar-refractivity contribution < 1.29 is 29.1 Å². The maximum atomic E-state index is 13.3. The first-order chi connectivity index (χ1) is 17.7. The number of carbonyl (C=O) groups excluding carboxylic acids is 2. The molecule has 9 heteroatoms. The quantitative estimate of drug-likeness (QED) is 0.151. The summed E-state index contributed by atoms with van der Waals surface area (Å²) in [4.78, 5) is 38.4. The first-order valence-electron chi connectivity index (χ1n) is 11.6. The Balaban J connectivity index is 1.82. The number of carbonyl (C=O) groups is 2. The van der Waals surface area contributed by atoms with Crippen LogP contribution in [-0.4, -0.2) is 39.8 Å². The molecule has 0 saturated carbocycles. The van der Waals surface area contributed by atoms with Gasteiger partial charge in [0.1, 0.15) is 17.3 Å². The molecule has 1 aliphatic rings. The van der Waals surface area contributed by atoms with E-state index in [0.717, 1.165) is 5.56 Å². The average Bonchev–Trinajstić information content (AvgIpc) is 3.13. The number of non-ortho nitro benzene ring substituents is 1. The fraction of sp³-hybridized carbons (Fsp3) is 0.214. The minimum Gasteiger partial charge on any atom is -0.507 e. The number of hydrogen-bond donors (Lipinski definition) is 1. The summed E-state index contributed by atoms with van der Waals surface area (Å²) in [5, 5.41) is 22.2. The molecule has 3 aromatic rings. The van der Waals surface area contributed by atoms with Crippen LogP contribution in [-0.2, 0) is 16.1 Å². The zero-order chi connectivity index (χ0) is 26.7. The second-order valence-corrected chi connectivity index (χ2v) is 8.82. The van der Waals surface area contributed by atoms with Gasteiger partial charge in [-0.2, -0.15) is 0 Å². The second kappa shape index (κ2) is 10.5. The van der Waals surface area contributed by atoms with Crippen molar-refractivity contribution in [3.8, 4) is 11.5 Å². The van der Waals surface area contributed by atoms with E-state index < -0.39 is 28.4 Å². The molecular weight excluding hydrogens is 476 g/mol. The molecule has 1 amide bonds. The molecule has 1 unspecified atom stereocenters. The summed E-state index contributed by atoms with van der Waals surface area (Å²) in [5.41, 5.74) is 1.22. The average molecular weight is 503 g/mol. The topological polar surface area (TPSA) is 119 Å². The lowest BCUT2D eigenvalue weighted by Crippen LogP contribution is -2.29. The van der Waals surface area contributed by atoms with Gasteiger partial charge >= 0.3 is 0 Å². The number of ether oxygens (including phenoxy) is 2. The van der Waals surface area contributed by atoms with Crippen molar-refractivity contribution in [1.29, 1.82) is 0 Å². The maximum Gasteiger partial charge on any atom is 0.295 e. The molecule has 3 aromatic carbocycles. The number of nitrogens with zero attached hydrogens (tertiary/aromatic N) is 2. The summed E-state index contributed by atoms with van der Waals surface area (Å²) < 4.78 is 11.1. The lowest BCUT2D eigenvalue weighted by molar-refractivity contribution is -0.384. The van der Waals surface area contributed by atoms with Crippen LogP contribution in [0.15, 0.2) is 78.4 Å². The zero-order valence-electron chi connectivity index (χ0n) is 20.6. The molecule has 0 aliphatic carbocycles. The second-order valence-electron chi connectivity index (χ2n) is 8.82. The van der Waals surface area contributed by atoms with Crippen LogP contribution in [0.3, 0.4) is 0 Å². The van der Waals surface area contributed by atoms with Crippen molar-refractivity contribution in [2.24, 2.45) is 0 Å². The molecule has 1 fully saturated rings. The van der Waals surface area contributed by atoms with E-state index in [0.29, 0.717) is 17.1 Å². The fourth-order valence-corrected chi connectivity index (χ4v) is 4.28. The molecule has 1 N–H and O–H groups in total. The summed E-state index contributed by atoms with van der Waals surface area (Å²) in [6.07, 6.45) is -0.0389. The van der Waals surface area contributed by atoms with Gasteiger partial charge in [-0.3, -0.25) is 19.7 Å². The molecule has 0 spiro atoms. The Hall–Kier alpha value is -4.66. The minimum atomic E-state index is -0.917. The Kier molecular flexibility index (Phi) is 7.24. The SMILES string of the molecule is COc1cccc(C2/C(=C(/O)c3ccc([N+](=O)[O-])cc3)C(=O)C(=O)N2Cc2cccc(OC(C)C)c2)c1. The van der Waals surface area contributed by atoms with Crippen LogP contribution in [0.4, 0.5) is 5.69 Å². The molecule has 0 radical (unpaired) electrons. The van der Waals surface area contributed by atoms with Crippen molar-refractivity contribution in [2.75, 3.05) is 7.11 Å². The number of benzene rings is 3. The van der Waals surface area contributed by atoms with Crippen molar-refractivity contribution in [3.63, 3.8) is 0 Å². The van der Waals surface area contributed by atoms with Crippen LogP contribution < -0.4 is 9.47 Å². The summed E-state index contributed by atoms with van der Waals surface area (Å²) >= 11 is 0. The minimum absolute atomic E-state index is 0.0389. The van der Waals surface area contributed by atoms with Crippen molar-refractivity contribution >= 4 is 23.1 Å². The number of ketones is 1. The van der Waals surface area contributed by atoms with E-state index in [1.54, 1.807) is 36.4 Å². The Labute approximate surface area is 213 Å². The number of hydrogen-bond acceptors (Lipinski definition) is 7. The van der Waals surface area contributed by atoms with Gasteiger partial charge in [0.05, 0.1) is 29.8 Å². The van der Waals surface area contributed by atoms with Crippen LogP contribution in [0.1, 0.15) is 36.6 Å². The molecule has 37 heavy (non-hydrogen) atoms. The van der Waals surface area contributed by atoms with Crippen LogP contribution in [0.5, 0.6) is 11.5 Å². The van der Waals surface area contributed by atoms with Gasteiger partial charge in [-0.25, -0.2) is 0 Å². The Morgan fingerprint density at radius 1 is 1.03 bits per heavy atom. The van der Waals surface area contributed by atoms with Gasteiger partial charge in [-0.15, -0.1) is 0 Å². The molecule has 1 aliphatic heterocycles. The van der Waals surface area contributed by atoms with E-state index in [-0.39, 0.29) is 29.5 Å². The first-order valence-corrected chi connectivity index (χ1v) is 11.6. The van der Waals surface area contributed by atoms with Crippen molar-refractivity contribution in [2.45, 2.75) is 32.5 Å². The third kappa shape index (κ3) is 5.30. The highest BCUT2D eigenvalue weighted by atomic mass is 16.6. The number of nitro benzene ring substituents is 1. The van der Waals surface area contributed by atoms with Gasteiger partial charge in [0.25, 0.3) is 17.4 Å². The van der Waals surface area contributed by atoms with Crippen molar-refractivity contribution in [1.82, 2.24) is 4.90 Å². The van der Waals surface area contributed by atoms with Gasteiger partial charge in [-0.1, -0.05) is 24.3 Å². The molecule has 1 atom stereocenters. The van der Waals surface area contributed by atoms with Gasteiger partial charge in [-0.05, 0) is 61.4 Å². The van der Waals surface area contributed by atoms with Crippen molar-refractivity contribution in [3.05, 3.63) is 105 Å². The number of nitro groups is 1. The zero-order valence-corrected chi connectivity index (χ0v) is 20.6. The first kappa shape index (κ1) is 25.4. The molecule has 9 nitrogen and oxygen atoms in total. The Morgan fingerprint density at radius 2 is 1.70 bits per heavy atom. The highest BCUT2D eigenvalue weighted by Gasteiger charge is 2.46. The third-order valence-electron chi connectivity index (χ3n) is 5.92. The monoisotopic (exact) mass is 502 g/mol. The predicted octanol–water partition coefficient (Wildman–Crippen LogP) is 5.01. The highest BCUT2D eigenvalue weighted by molar-refractivity contribution is 6.46. The standard InChI is InChI=1S/C28H26N2O7/c1-17(2)37-23-9-4-6-18(14-23)16-29-25(20-7-5-8-22(15-20)36-3)24(27(32)28(29)33)26(31)19-10-12-21(13-11-19)30(34)35/h4-15,17,25,31H,16H2,1-3H3/b26-24-. The van der Waals surface area contributed by atoms with E-state index >= 15 is 0 Å². The van der Waals surface area contributed by atoms with Gasteiger partial charge in [0, 0.05) is 24.2 Å². The number of rotatable bonds is 8. The predicted molar refractivity (Wildman–Crippen MR) is 136 cm³/mol. The Bertz CT molecular complexity index is 1380. The van der Waals surface area contributed by atoms with Crippen LogP contribution in [0.2, 0.25) is 0 Å². The molecule has 4 rings (SSSR count). The number of methoxy groups -OCH3 is 1. The normalized spacial score (nSPS) is 16.8. The lowest BCUT2D eigenvalue weighted by Gasteiger charge is -2.26. The van der Waals surface area contributed by atoms with E-state index in [1.807, 2.05) is 26.0 Å². The molecule has 190 valence electrons. The molecular formula is C28H26N2O7. The van der Waals surface area contributed by atoms with Crippen LogP contribution >= 0.6 is 0 Å². The summed E-state index contributed by atoms with van der Waals surface area (Å²) in [7, 11) is 1.51. The lowest BCUT2D eigenvalue weighted by atomic mass is 9.95.